The van der Waals surface area contributed by atoms with Crippen LogP contribution in [0.15, 0.2) is 73.3 Å². The monoisotopic (exact) mass is 554 g/mol. The van der Waals surface area contributed by atoms with E-state index in [1.54, 1.807) is 6.20 Å². The number of amides is 1. The Kier molecular flexibility index (Phi) is 17.6. The van der Waals surface area contributed by atoms with E-state index in [2.05, 4.69) is 33.1 Å². The van der Waals surface area contributed by atoms with Crippen molar-refractivity contribution >= 4 is 43.1 Å². The lowest BCUT2D eigenvalue weighted by Crippen LogP contribution is -2.30. The predicted octanol–water partition coefficient (Wildman–Crippen LogP) is 5.74. The van der Waals surface area contributed by atoms with Crippen molar-refractivity contribution in [2.45, 2.75) is 33.2 Å². The van der Waals surface area contributed by atoms with E-state index in [1.165, 1.54) is 11.1 Å². The molecule has 36 heavy (non-hydrogen) atoms. The van der Waals surface area contributed by atoms with Crippen molar-refractivity contribution in [3.05, 3.63) is 90.0 Å². The zero-order valence-electron chi connectivity index (χ0n) is 20.9. The van der Waals surface area contributed by atoms with Crippen molar-refractivity contribution in [1.29, 1.82) is 0 Å². The van der Waals surface area contributed by atoms with E-state index in [-0.39, 0.29) is 43.1 Å². The van der Waals surface area contributed by atoms with Gasteiger partial charge in [-0.15, -0.1) is 37.2 Å². The topological polar surface area (TPSA) is 58.6 Å². The van der Waals surface area contributed by atoms with E-state index in [1.807, 2.05) is 67.7 Å². The third kappa shape index (κ3) is 11.1. The number of nitrogens with zero attached hydrogens (tertiary/aromatic N) is 4. The molecule has 1 aromatic carbocycles. The van der Waals surface area contributed by atoms with E-state index in [9.17, 15) is 4.79 Å². The minimum Gasteiger partial charge on any atom is -0.494 e. The molecule has 3 rings (SSSR count). The molecule has 0 N–H and O–H groups in total. The van der Waals surface area contributed by atoms with Crippen LogP contribution < -0.4 is 4.74 Å². The van der Waals surface area contributed by atoms with Crippen LogP contribution in [0.5, 0.6) is 5.75 Å². The Morgan fingerprint density at radius 3 is 2.28 bits per heavy atom. The summed E-state index contributed by atoms with van der Waals surface area (Å²) in [5.74, 6) is 0.786. The number of carbonyl (C=O) groups excluding carboxylic acids is 1. The molecule has 198 valence electrons. The van der Waals surface area contributed by atoms with Gasteiger partial charge < -0.3 is 9.64 Å². The number of hydrogen-bond acceptors (Lipinski definition) is 5. The fourth-order valence-corrected chi connectivity index (χ4v) is 3.74. The highest BCUT2D eigenvalue weighted by molar-refractivity contribution is 5.94. The van der Waals surface area contributed by atoms with Crippen molar-refractivity contribution in [3.63, 3.8) is 0 Å². The molecule has 0 aliphatic heterocycles. The number of aromatic nitrogens is 2. The van der Waals surface area contributed by atoms with Gasteiger partial charge in [0.05, 0.1) is 6.61 Å². The van der Waals surface area contributed by atoms with Crippen molar-refractivity contribution in [1.82, 2.24) is 19.8 Å². The van der Waals surface area contributed by atoms with Crippen LogP contribution in [-0.2, 0) is 13.0 Å². The molecule has 0 bridgehead atoms. The zero-order valence-corrected chi connectivity index (χ0v) is 23.4. The third-order valence-corrected chi connectivity index (χ3v) is 5.61. The summed E-state index contributed by atoms with van der Waals surface area (Å²) in [5.41, 5.74) is 3.16. The Morgan fingerprint density at radius 2 is 1.61 bits per heavy atom. The minimum atomic E-state index is 0. The lowest BCUT2D eigenvalue weighted by atomic mass is 10.2. The largest absolute Gasteiger partial charge is 0.494 e. The Bertz CT molecular complexity index is 977. The molecule has 0 spiro atoms. The molecule has 0 fully saturated rings. The van der Waals surface area contributed by atoms with Gasteiger partial charge in [0.1, 0.15) is 5.75 Å². The summed E-state index contributed by atoms with van der Waals surface area (Å²) < 4.78 is 5.99. The van der Waals surface area contributed by atoms with Crippen LogP contribution in [0.25, 0.3) is 0 Å². The van der Waals surface area contributed by atoms with Gasteiger partial charge in [0.2, 0.25) is 0 Å². The van der Waals surface area contributed by atoms with Crippen molar-refractivity contribution in [3.8, 4) is 5.75 Å². The second-order valence-corrected chi connectivity index (χ2v) is 7.95. The van der Waals surface area contributed by atoms with E-state index < -0.39 is 0 Å². The van der Waals surface area contributed by atoms with Crippen LogP contribution in [0, 0.1) is 0 Å². The summed E-state index contributed by atoms with van der Waals surface area (Å²) >= 11 is 0. The predicted molar refractivity (Wildman–Crippen MR) is 153 cm³/mol. The van der Waals surface area contributed by atoms with Crippen LogP contribution in [0.2, 0.25) is 0 Å². The molecule has 9 heteroatoms. The summed E-state index contributed by atoms with van der Waals surface area (Å²) in [7, 11) is 0. The second-order valence-electron chi connectivity index (χ2n) is 7.95. The molecule has 0 aliphatic carbocycles. The summed E-state index contributed by atoms with van der Waals surface area (Å²) in [6.07, 6.45) is 9.26. The molecular weight excluding hydrogens is 519 g/mol. The van der Waals surface area contributed by atoms with Gasteiger partial charge in [-0.05, 0) is 74.2 Å². The zero-order chi connectivity index (χ0) is 23.3. The summed E-state index contributed by atoms with van der Waals surface area (Å²) in [6.45, 7) is 8.73. The molecule has 0 saturated carbocycles. The Morgan fingerprint density at radius 1 is 0.861 bits per heavy atom. The highest BCUT2D eigenvalue weighted by atomic mass is 35.5. The van der Waals surface area contributed by atoms with Gasteiger partial charge in [-0.3, -0.25) is 19.7 Å². The first-order chi connectivity index (χ1) is 16.2. The molecule has 0 unspecified atom stereocenters. The van der Waals surface area contributed by atoms with Crippen LogP contribution >= 0.6 is 37.2 Å². The molecule has 0 saturated heterocycles. The van der Waals surface area contributed by atoms with E-state index in [0.29, 0.717) is 25.3 Å². The van der Waals surface area contributed by atoms with Gasteiger partial charge >= 0.3 is 0 Å². The van der Waals surface area contributed by atoms with Gasteiger partial charge in [-0.1, -0.05) is 12.1 Å². The van der Waals surface area contributed by atoms with E-state index in [0.717, 1.165) is 38.2 Å². The Labute approximate surface area is 233 Å². The average molecular weight is 556 g/mol. The smallest absolute Gasteiger partial charge is 0.253 e. The maximum Gasteiger partial charge on any atom is 0.253 e. The molecule has 0 atom stereocenters. The minimum absolute atomic E-state index is 0. The molecular formula is C27H37Cl3N4O2. The molecule has 2 aromatic heterocycles. The molecule has 0 aliphatic rings. The van der Waals surface area contributed by atoms with Crippen molar-refractivity contribution in [2.24, 2.45) is 0 Å². The van der Waals surface area contributed by atoms with E-state index >= 15 is 0 Å². The summed E-state index contributed by atoms with van der Waals surface area (Å²) in [4.78, 5) is 25.2. The quantitative estimate of drug-likeness (QED) is 0.252. The number of hydrogen-bond donors (Lipinski definition) is 0. The normalized spacial score (nSPS) is 9.97. The second kappa shape index (κ2) is 18.8. The molecule has 3 aromatic rings. The summed E-state index contributed by atoms with van der Waals surface area (Å²) in [6, 6.07) is 15.7. The first kappa shape index (κ1) is 33.6. The van der Waals surface area contributed by atoms with Gasteiger partial charge in [0.15, 0.2) is 0 Å². The highest BCUT2D eigenvalue weighted by Gasteiger charge is 2.13. The van der Waals surface area contributed by atoms with Gasteiger partial charge in [-0.2, -0.15) is 0 Å². The lowest BCUT2D eigenvalue weighted by Gasteiger charge is -2.22. The van der Waals surface area contributed by atoms with Gasteiger partial charge in [0, 0.05) is 63.1 Å². The van der Waals surface area contributed by atoms with Gasteiger partial charge in [0.25, 0.3) is 5.91 Å². The van der Waals surface area contributed by atoms with Crippen molar-refractivity contribution < 1.29 is 9.53 Å². The first-order valence-electron chi connectivity index (χ1n) is 11.7. The number of pyridine rings is 2. The highest BCUT2D eigenvalue weighted by Crippen LogP contribution is 2.16. The fourth-order valence-electron chi connectivity index (χ4n) is 3.74. The molecule has 2 heterocycles. The van der Waals surface area contributed by atoms with Crippen LogP contribution in [0.1, 0.15) is 41.8 Å². The first-order valence-corrected chi connectivity index (χ1v) is 11.7. The number of carbonyl (C=O) groups is 1. The molecule has 0 radical (unpaired) electrons. The SMILES string of the molecule is CCN(CC)C(=O)c1cccc(OCCCN(CCc2cccnc2)Cc2ccncc2)c1.Cl.Cl.Cl. The maximum absolute atomic E-state index is 12.6. The average Bonchev–Trinajstić information content (AvgIpc) is 2.87. The van der Waals surface area contributed by atoms with E-state index in [4.69, 9.17) is 4.74 Å². The number of ether oxygens (including phenoxy) is 1. The lowest BCUT2D eigenvalue weighted by molar-refractivity contribution is 0.0772. The Hall–Kier alpha value is -2.38. The Balaban J connectivity index is 0.00000408. The van der Waals surface area contributed by atoms with Crippen LogP contribution in [0.4, 0.5) is 0 Å². The standard InChI is InChI=1S/C27H34N4O2.3ClH/c1-3-31(4-2)27(32)25-9-5-10-26(20-25)33-19-7-17-30(22-24-11-15-28-16-12-24)18-13-23-8-6-14-29-21-23;;;/h5-6,8-12,14-16,20-21H,3-4,7,13,17-19,22H2,1-2H3;3*1H. The fraction of sp³-hybridized carbons (Fsp3) is 0.370. The number of halogens is 3. The number of rotatable bonds is 13. The summed E-state index contributed by atoms with van der Waals surface area (Å²) in [5, 5.41) is 0. The molecule has 1 amide bonds. The van der Waals surface area contributed by atoms with Gasteiger partial charge in [-0.25, -0.2) is 0 Å². The molecule has 6 nitrogen and oxygen atoms in total. The number of benzene rings is 1. The van der Waals surface area contributed by atoms with Crippen molar-refractivity contribution in [2.75, 3.05) is 32.8 Å². The van der Waals surface area contributed by atoms with Crippen LogP contribution in [-0.4, -0.2) is 58.5 Å². The third-order valence-electron chi connectivity index (χ3n) is 5.61. The maximum atomic E-state index is 12.6. The van der Waals surface area contributed by atoms with Crippen LogP contribution in [0.3, 0.4) is 0 Å².